The lowest BCUT2D eigenvalue weighted by atomic mass is 10.3. The molecule has 0 saturated heterocycles. The van der Waals surface area contributed by atoms with E-state index in [-0.39, 0.29) is 5.91 Å². The van der Waals surface area contributed by atoms with E-state index in [0.717, 1.165) is 5.69 Å². The van der Waals surface area contributed by atoms with Crippen molar-refractivity contribution in [3.8, 4) is 0 Å². The van der Waals surface area contributed by atoms with Crippen LogP contribution in [-0.4, -0.2) is 27.7 Å². The fourth-order valence-electron chi connectivity index (χ4n) is 1.52. The quantitative estimate of drug-likeness (QED) is 0.796. The van der Waals surface area contributed by atoms with Gasteiger partial charge in [0, 0.05) is 19.2 Å². The van der Waals surface area contributed by atoms with Crippen molar-refractivity contribution in [3.05, 3.63) is 43.0 Å². The summed E-state index contributed by atoms with van der Waals surface area (Å²) in [6.07, 6.45) is 3.48. The number of benzene rings is 1. The number of aryl methyl sites for hydroxylation is 1. The first-order valence-corrected chi connectivity index (χ1v) is 5.41. The smallest absolute Gasteiger partial charge is 0.228 e. The molecule has 1 heterocycles. The van der Waals surface area contributed by atoms with Crippen LogP contribution in [0, 0.1) is 0 Å². The van der Waals surface area contributed by atoms with Gasteiger partial charge in [0.15, 0.2) is 0 Å². The molecule has 0 N–H and O–H groups in total. The van der Waals surface area contributed by atoms with Crippen LogP contribution in [0.15, 0.2) is 43.0 Å². The van der Waals surface area contributed by atoms with Crippen molar-refractivity contribution in [2.45, 2.75) is 13.0 Å². The topological polar surface area (TPSA) is 51.0 Å². The number of rotatable bonds is 4. The Labute approximate surface area is 99.7 Å². The number of carbonyl (C=O) groups excluding carboxylic acids is 1. The Hall–Kier alpha value is -2.17. The van der Waals surface area contributed by atoms with Crippen LogP contribution in [0.3, 0.4) is 0 Å². The second kappa shape index (κ2) is 5.25. The molecule has 0 aliphatic carbocycles. The van der Waals surface area contributed by atoms with Crippen LogP contribution < -0.4 is 4.90 Å². The van der Waals surface area contributed by atoms with Crippen molar-refractivity contribution in [2.24, 2.45) is 0 Å². The minimum Gasteiger partial charge on any atom is -0.315 e. The number of hydrogen-bond donors (Lipinski definition) is 0. The Kier molecular flexibility index (Phi) is 3.49. The molecule has 0 aliphatic rings. The van der Waals surface area contributed by atoms with Crippen LogP contribution in [0.5, 0.6) is 0 Å². The first-order valence-electron chi connectivity index (χ1n) is 5.41. The fraction of sp³-hybridized carbons (Fsp3) is 0.250. The number of anilines is 1. The van der Waals surface area contributed by atoms with Crippen LogP contribution in [0.1, 0.15) is 6.42 Å². The molecule has 0 aliphatic heterocycles. The molecule has 1 aromatic heterocycles. The number of amides is 1. The lowest BCUT2D eigenvalue weighted by Gasteiger charge is -2.16. The van der Waals surface area contributed by atoms with Crippen LogP contribution in [0.2, 0.25) is 0 Å². The van der Waals surface area contributed by atoms with E-state index in [2.05, 4.69) is 10.1 Å². The third kappa shape index (κ3) is 2.90. The minimum atomic E-state index is 0.0618. The molecule has 2 rings (SSSR count). The van der Waals surface area contributed by atoms with E-state index < -0.39 is 0 Å². The summed E-state index contributed by atoms with van der Waals surface area (Å²) in [6.45, 7) is 0.552. The molecule has 0 atom stereocenters. The molecule has 0 fully saturated rings. The third-order valence-corrected chi connectivity index (χ3v) is 2.54. The number of para-hydroxylation sites is 1. The summed E-state index contributed by atoms with van der Waals surface area (Å²) >= 11 is 0. The summed E-state index contributed by atoms with van der Waals surface area (Å²) in [6, 6.07) is 9.57. The lowest BCUT2D eigenvalue weighted by Crippen LogP contribution is -2.27. The highest BCUT2D eigenvalue weighted by Gasteiger charge is 2.10. The third-order valence-electron chi connectivity index (χ3n) is 2.54. The summed E-state index contributed by atoms with van der Waals surface area (Å²) in [4.78, 5) is 17.4. The first kappa shape index (κ1) is 11.3. The largest absolute Gasteiger partial charge is 0.315 e. The van der Waals surface area contributed by atoms with Gasteiger partial charge in [-0.15, -0.1) is 0 Å². The van der Waals surface area contributed by atoms with Gasteiger partial charge in [-0.2, -0.15) is 5.10 Å². The van der Waals surface area contributed by atoms with Crippen molar-refractivity contribution in [3.63, 3.8) is 0 Å². The summed E-state index contributed by atoms with van der Waals surface area (Å²) in [5.41, 5.74) is 0.899. The van der Waals surface area contributed by atoms with Crippen molar-refractivity contribution in [1.82, 2.24) is 14.8 Å². The maximum absolute atomic E-state index is 11.9. The van der Waals surface area contributed by atoms with Crippen molar-refractivity contribution < 1.29 is 4.79 Å². The summed E-state index contributed by atoms with van der Waals surface area (Å²) in [5.74, 6) is 0.0618. The average molecular weight is 230 g/mol. The Balaban J connectivity index is 1.92. The van der Waals surface area contributed by atoms with Crippen LogP contribution in [0.25, 0.3) is 0 Å². The van der Waals surface area contributed by atoms with Gasteiger partial charge in [-0.25, -0.2) is 4.98 Å². The van der Waals surface area contributed by atoms with Gasteiger partial charge < -0.3 is 4.90 Å². The minimum absolute atomic E-state index is 0.0618. The molecule has 0 unspecified atom stereocenters. The molecule has 1 amide bonds. The second-order valence-electron chi connectivity index (χ2n) is 3.70. The maximum Gasteiger partial charge on any atom is 0.228 e. The molecule has 1 aromatic carbocycles. The second-order valence-corrected chi connectivity index (χ2v) is 3.70. The van der Waals surface area contributed by atoms with Crippen LogP contribution in [-0.2, 0) is 11.3 Å². The van der Waals surface area contributed by atoms with Gasteiger partial charge in [0.1, 0.15) is 12.7 Å². The molecule has 0 spiro atoms. The molecule has 0 radical (unpaired) electrons. The van der Waals surface area contributed by atoms with Crippen molar-refractivity contribution >= 4 is 11.6 Å². The van der Waals surface area contributed by atoms with Crippen LogP contribution in [0.4, 0.5) is 5.69 Å². The molecule has 0 bridgehead atoms. The molecule has 5 heteroatoms. The molecule has 5 nitrogen and oxygen atoms in total. The molecular weight excluding hydrogens is 216 g/mol. The monoisotopic (exact) mass is 230 g/mol. The van der Waals surface area contributed by atoms with Gasteiger partial charge in [-0.05, 0) is 12.1 Å². The molecule has 0 saturated carbocycles. The van der Waals surface area contributed by atoms with E-state index in [0.29, 0.717) is 13.0 Å². The fourth-order valence-corrected chi connectivity index (χ4v) is 1.52. The van der Waals surface area contributed by atoms with Gasteiger partial charge in [0.25, 0.3) is 0 Å². The van der Waals surface area contributed by atoms with E-state index >= 15 is 0 Å². The summed E-state index contributed by atoms with van der Waals surface area (Å²) in [5, 5.41) is 3.96. The normalized spacial score (nSPS) is 10.2. The van der Waals surface area contributed by atoms with E-state index in [4.69, 9.17) is 0 Å². The van der Waals surface area contributed by atoms with E-state index in [1.54, 1.807) is 23.0 Å². The zero-order valence-electron chi connectivity index (χ0n) is 9.65. The molecule has 17 heavy (non-hydrogen) atoms. The highest BCUT2D eigenvalue weighted by atomic mass is 16.2. The summed E-state index contributed by atoms with van der Waals surface area (Å²) < 4.78 is 1.65. The number of nitrogens with zero attached hydrogens (tertiary/aromatic N) is 4. The predicted molar refractivity (Wildman–Crippen MR) is 64.5 cm³/mol. The zero-order chi connectivity index (χ0) is 12.1. The predicted octanol–water partition coefficient (Wildman–Crippen LogP) is 1.33. The Morgan fingerprint density at radius 3 is 2.76 bits per heavy atom. The maximum atomic E-state index is 11.9. The first-order chi connectivity index (χ1) is 8.27. The van der Waals surface area contributed by atoms with E-state index in [1.165, 1.54) is 6.33 Å². The average Bonchev–Trinajstić information content (AvgIpc) is 2.89. The number of carbonyl (C=O) groups is 1. The van der Waals surface area contributed by atoms with Gasteiger partial charge >= 0.3 is 0 Å². The molecule has 88 valence electrons. The van der Waals surface area contributed by atoms with Gasteiger partial charge in [-0.3, -0.25) is 9.48 Å². The van der Waals surface area contributed by atoms with Gasteiger partial charge in [0.05, 0.1) is 6.54 Å². The van der Waals surface area contributed by atoms with E-state index in [9.17, 15) is 4.79 Å². The van der Waals surface area contributed by atoms with Crippen LogP contribution >= 0.6 is 0 Å². The Morgan fingerprint density at radius 1 is 1.35 bits per heavy atom. The summed E-state index contributed by atoms with van der Waals surface area (Å²) in [7, 11) is 1.78. The van der Waals surface area contributed by atoms with Crippen molar-refractivity contribution in [2.75, 3.05) is 11.9 Å². The SMILES string of the molecule is CN(C(=O)CCn1cncn1)c1ccccc1. The van der Waals surface area contributed by atoms with Gasteiger partial charge in [-0.1, -0.05) is 18.2 Å². The highest BCUT2D eigenvalue weighted by Crippen LogP contribution is 2.12. The number of hydrogen-bond acceptors (Lipinski definition) is 3. The number of aromatic nitrogens is 3. The molecule has 2 aromatic rings. The Morgan fingerprint density at radius 2 is 2.12 bits per heavy atom. The lowest BCUT2D eigenvalue weighted by molar-refractivity contribution is -0.118. The Bertz CT molecular complexity index is 467. The molecular formula is C12H14N4O. The highest BCUT2D eigenvalue weighted by molar-refractivity contribution is 5.92. The van der Waals surface area contributed by atoms with Crippen molar-refractivity contribution in [1.29, 1.82) is 0 Å². The zero-order valence-corrected chi connectivity index (χ0v) is 9.65. The standard InChI is InChI=1S/C12H14N4O/c1-15(11-5-3-2-4-6-11)12(17)7-8-16-10-13-9-14-16/h2-6,9-10H,7-8H2,1H3. The van der Waals surface area contributed by atoms with Gasteiger partial charge in [0.2, 0.25) is 5.91 Å². The van der Waals surface area contributed by atoms with E-state index in [1.807, 2.05) is 30.3 Å².